The van der Waals surface area contributed by atoms with Gasteiger partial charge in [-0.05, 0) is 32.3 Å². The second kappa shape index (κ2) is 6.76. The van der Waals surface area contributed by atoms with Crippen LogP contribution in [0.1, 0.15) is 53.4 Å². The normalized spacial score (nSPS) is 23.6. The Balaban J connectivity index is 1.59. The highest BCUT2D eigenvalue weighted by Crippen LogP contribution is 2.36. The lowest BCUT2D eigenvalue weighted by molar-refractivity contribution is 0.0915. The Morgan fingerprint density at radius 3 is 2.96 bits per heavy atom. The van der Waals surface area contributed by atoms with E-state index in [9.17, 15) is 9.90 Å². The van der Waals surface area contributed by atoms with Crippen molar-refractivity contribution in [2.75, 3.05) is 6.54 Å². The highest BCUT2D eigenvalue weighted by atomic mass is 16.3. The minimum Gasteiger partial charge on any atom is -0.393 e. The van der Waals surface area contributed by atoms with E-state index >= 15 is 0 Å². The lowest BCUT2D eigenvalue weighted by atomic mass is 10.0. The number of aliphatic hydroxyl groups is 1. The van der Waals surface area contributed by atoms with Crippen molar-refractivity contribution in [3.8, 4) is 0 Å². The van der Waals surface area contributed by atoms with Crippen LogP contribution in [0.3, 0.4) is 0 Å². The monoisotopic (exact) mass is 331 g/mol. The quantitative estimate of drug-likeness (QED) is 0.769. The van der Waals surface area contributed by atoms with Crippen LogP contribution in [0, 0.1) is 12.8 Å². The van der Waals surface area contributed by atoms with Crippen molar-refractivity contribution < 1.29 is 9.90 Å². The van der Waals surface area contributed by atoms with Crippen molar-refractivity contribution >= 4 is 5.91 Å². The molecule has 2 heterocycles. The Morgan fingerprint density at radius 1 is 1.50 bits per heavy atom. The average molecular weight is 331 g/mol. The molecule has 1 aliphatic rings. The van der Waals surface area contributed by atoms with Crippen LogP contribution in [-0.4, -0.2) is 43.4 Å². The van der Waals surface area contributed by atoms with Gasteiger partial charge in [-0.25, -0.2) is 4.98 Å². The summed E-state index contributed by atoms with van der Waals surface area (Å²) in [5, 5.41) is 20.3. The van der Waals surface area contributed by atoms with E-state index in [2.05, 4.69) is 20.5 Å². The topological polar surface area (TPSA) is 95.8 Å². The maximum Gasteiger partial charge on any atom is 0.253 e. The van der Waals surface area contributed by atoms with E-state index in [1.165, 1.54) is 0 Å². The number of hydrogen-bond donors (Lipinski definition) is 3. The molecule has 3 N–H and O–H groups in total. The number of aromatic nitrogens is 4. The SMILES string of the molecule is CCc1c(C(=O)NC[C@H]2C[C@H](c3n[nH]c(C)n3)C[C@H]2O)ccn1C. The van der Waals surface area contributed by atoms with Crippen molar-refractivity contribution in [3.05, 3.63) is 35.2 Å². The lowest BCUT2D eigenvalue weighted by Crippen LogP contribution is -2.32. The van der Waals surface area contributed by atoms with Gasteiger partial charge in [0.15, 0.2) is 5.82 Å². The molecule has 7 heteroatoms. The number of aromatic amines is 1. The molecule has 1 amide bonds. The number of rotatable bonds is 5. The number of nitrogens with zero attached hydrogens (tertiary/aromatic N) is 3. The number of aryl methyl sites for hydroxylation is 2. The Morgan fingerprint density at radius 2 is 2.29 bits per heavy atom. The molecule has 0 unspecified atom stereocenters. The van der Waals surface area contributed by atoms with Gasteiger partial charge in [-0.3, -0.25) is 9.89 Å². The number of H-pyrrole nitrogens is 1. The molecule has 1 aliphatic carbocycles. The van der Waals surface area contributed by atoms with Crippen LogP contribution >= 0.6 is 0 Å². The number of amides is 1. The summed E-state index contributed by atoms with van der Waals surface area (Å²) in [6, 6.07) is 1.85. The van der Waals surface area contributed by atoms with E-state index in [4.69, 9.17) is 0 Å². The zero-order valence-electron chi connectivity index (χ0n) is 14.4. The van der Waals surface area contributed by atoms with Gasteiger partial charge in [-0.2, -0.15) is 5.10 Å². The van der Waals surface area contributed by atoms with Crippen molar-refractivity contribution in [1.82, 2.24) is 25.1 Å². The molecule has 0 radical (unpaired) electrons. The highest BCUT2D eigenvalue weighted by molar-refractivity contribution is 5.95. The molecule has 0 bridgehead atoms. The van der Waals surface area contributed by atoms with Crippen LogP contribution in [0.2, 0.25) is 0 Å². The van der Waals surface area contributed by atoms with Crippen LogP contribution in [0.5, 0.6) is 0 Å². The fourth-order valence-electron chi connectivity index (χ4n) is 3.60. The molecule has 130 valence electrons. The molecule has 0 saturated heterocycles. The molecule has 2 aromatic rings. The van der Waals surface area contributed by atoms with Gasteiger partial charge in [0.25, 0.3) is 5.91 Å². The first-order valence-electron chi connectivity index (χ1n) is 8.49. The van der Waals surface area contributed by atoms with Crippen LogP contribution in [-0.2, 0) is 13.5 Å². The summed E-state index contributed by atoms with van der Waals surface area (Å²) >= 11 is 0. The predicted octanol–water partition coefficient (Wildman–Crippen LogP) is 1.30. The van der Waals surface area contributed by atoms with Crippen molar-refractivity contribution in [2.24, 2.45) is 13.0 Å². The fourth-order valence-corrected chi connectivity index (χ4v) is 3.60. The minimum absolute atomic E-state index is 0.0338. The Labute approximate surface area is 141 Å². The van der Waals surface area contributed by atoms with E-state index in [-0.39, 0.29) is 17.7 Å². The summed E-state index contributed by atoms with van der Waals surface area (Å²) in [7, 11) is 1.94. The maximum atomic E-state index is 12.4. The largest absolute Gasteiger partial charge is 0.393 e. The molecule has 2 aromatic heterocycles. The summed E-state index contributed by atoms with van der Waals surface area (Å²) in [5.74, 6) is 1.65. The molecule has 1 fully saturated rings. The van der Waals surface area contributed by atoms with Crippen molar-refractivity contribution in [1.29, 1.82) is 0 Å². The van der Waals surface area contributed by atoms with E-state index in [1.807, 2.05) is 37.7 Å². The lowest BCUT2D eigenvalue weighted by Gasteiger charge is -2.15. The third-order valence-corrected chi connectivity index (χ3v) is 4.94. The van der Waals surface area contributed by atoms with E-state index in [0.29, 0.717) is 18.5 Å². The van der Waals surface area contributed by atoms with Crippen molar-refractivity contribution in [2.45, 2.75) is 45.1 Å². The fraction of sp³-hybridized carbons (Fsp3) is 0.588. The Bertz CT molecular complexity index is 720. The van der Waals surface area contributed by atoms with Gasteiger partial charge < -0.3 is 15.0 Å². The zero-order chi connectivity index (χ0) is 17.3. The van der Waals surface area contributed by atoms with Crippen LogP contribution in [0.25, 0.3) is 0 Å². The van der Waals surface area contributed by atoms with Gasteiger partial charge in [-0.1, -0.05) is 6.92 Å². The second-order valence-electron chi connectivity index (χ2n) is 6.63. The summed E-state index contributed by atoms with van der Waals surface area (Å²) in [6.07, 6.45) is 3.71. The highest BCUT2D eigenvalue weighted by Gasteiger charge is 2.35. The van der Waals surface area contributed by atoms with Crippen LogP contribution in [0.15, 0.2) is 12.3 Å². The molecule has 3 rings (SSSR count). The third-order valence-electron chi connectivity index (χ3n) is 4.94. The first-order chi connectivity index (χ1) is 11.5. The summed E-state index contributed by atoms with van der Waals surface area (Å²) in [6.45, 7) is 4.37. The van der Waals surface area contributed by atoms with Gasteiger partial charge in [0.1, 0.15) is 5.82 Å². The van der Waals surface area contributed by atoms with Gasteiger partial charge >= 0.3 is 0 Å². The Hall–Kier alpha value is -2.15. The minimum atomic E-state index is -0.435. The molecule has 0 spiro atoms. The zero-order valence-corrected chi connectivity index (χ0v) is 14.4. The average Bonchev–Trinajstić information content (AvgIpc) is 3.24. The predicted molar refractivity (Wildman–Crippen MR) is 89.7 cm³/mol. The first kappa shape index (κ1) is 16.7. The molecular formula is C17H25N5O2. The number of hydrogen-bond acceptors (Lipinski definition) is 4. The van der Waals surface area contributed by atoms with Gasteiger partial charge in [0.05, 0.1) is 11.7 Å². The molecule has 0 aliphatic heterocycles. The maximum absolute atomic E-state index is 12.4. The molecule has 0 aromatic carbocycles. The molecule has 24 heavy (non-hydrogen) atoms. The third kappa shape index (κ3) is 3.21. The number of nitrogens with one attached hydrogen (secondary N) is 2. The summed E-state index contributed by atoms with van der Waals surface area (Å²) < 4.78 is 1.97. The second-order valence-corrected chi connectivity index (χ2v) is 6.63. The van der Waals surface area contributed by atoms with Crippen LogP contribution in [0.4, 0.5) is 0 Å². The van der Waals surface area contributed by atoms with Gasteiger partial charge in [-0.15, -0.1) is 0 Å². The van der Waals surface area contributed by atoms with E-state index in [0.717, 1.165) is 30.2 Å². The van der Waals surface area contributed by atoms with Crippen molar-refractivity contribution in [3.63, 3.8) is 0 Å². The summed E-state index contributed by atoms with van der Waals surface area (Å²) in [4.78, 5) is 16.8. The molecule has 3 atom stereocenters. The number of carbonyl (C=O) groups is 1. The first-order valence-corrected chi connectivity index (χ1v) is 8.49. The van der Waals surface area contributed by atoms with Crippen LogP contribution < -0.4 is 5.32 Å². The molecular weight excluding hydrogens is 306 g/mol. The standard InChI is InChI=1S/C17H25N5O2/c1-4-14-13(5-6-22(14)3)17(24)18-9-12-7-11(8-15(12)23)16-19-10(2)20-21-16/h5-6,11-12,15,23H,4,7-9H2,1-3H3,(H,18,24)(H,19,20,21)/t11-,12+,15+/m0/s1. The van der Waals surface area contributed by atoms with E-state index in [1.54, 1.807) is 0 Å². The Kier molecular flexibility index (Phi) is 4.71. The van der Waals surface area contributed by atoms with Gasteiger partial charge in [0, 0.05) is 37.3 Å². The smallest absolute Gasteiger partial charge is 0.253 e. The van der Waals surface area contributed by atoms with E-state index < -0.39 is 6.10 Å². The number of carbonyl (C=O) groups excluding carboxylic acids is 1. The molecule has 1 saturated carbocycles. The van der Waals surface area contributed by atoms with Gasteiger partial charge in [0.2, 0.25) is 0 Å². The summed E-state index contributed by atoms with van der Waals surface area (Å²) in [5.41, 5.74) is 1.74. The number of aliphatic hydroxyl groups excluding tert-OH is 1. The molecule has 7 nitrogen and oxygen atoms in total.